The number of carbonyl (C=O) groups excluding carboxylic acids is 1. The van der Waals surface area contributed by atoms with Gasteiger partial charge in [0, 0.05) is 0 Å². The minimum Gasteiger partial charge on any atom is -0.393 e. The van der Waals surface area contributed by atoms with Gasteiger partial charge in [-0.2, -0.15) is 0 Å². The lowest BCUT2D eigenvalue weighted by Gasteiger charge is -2.23. The molecule has 6 heteroatoms. The van der Waals surface area contributed by atoms with Gasteiger partial charge in [-0.1, -0.05) is 0 Å². The number of carbonyl (C=O) groups is 1. The van der Waals surface area contributed by atoms with Gasteiger partial charge >= 0.3 is 0 Å². The monoisotopic (exact) mass is 166 g/mol. The Hall–Kier alpha value is -0.530. The topological polar surface area (TPSA) is 118 Å². The lowest BCUT2D eigenvalue weighted by atomic mass is 10.1. The van der Waals surface area contributed by atoms with E-state index in [1.54, 1.807) is 0 Å². The number of aliphatic hydroxyl groups is 5. The molecule has 0 aromatic rings. The van der Waals surface area contributed by atoms with Crippen molar-refractivity contribution < 1.29 is 30.3 Å². The van der Waals surface area contributed by atoms with Crippen LogP contribution in [0.1, 0.15) is 0 Å². The van der Waals surface area contributed by atoms with Crippen LogP contribution in [0.3, 0.4) is 0 Å². The molecular weight excluding hydrogens is 156 g/mol. The number of aliphatic hydroxyl groups excluding tert-OH is 3. The maximum Gasteiger partial charge on any atom is 0.255 e. The van der Waals surface area contributed by atoms with Crippen molar-refractivity contribution >= 4 is 5.78 Å². The first-order chi connectivity index (χ1) is 4.96. The standard InChI is InChI=1S/C5H10O6/c6-1-3(8)5(10,11)4(9)2-7/h3,6-8,10-11H,1-2H2/t3-/m1/s1. The summed E-state index contributed by atoms with van der Waals surface area (Å²) in [5.41, 5.74) is 0. The number of rotatable bonds is 4. The molecule has 66 valence electrons. The molecule has 0 rings (SSSR count). The summed E-state index contributed by atoms with van der Waals surface area (Å²) in [5, 5.41) is 42.3. The first-order valence-corrected chi connectivity index (χ1v) is 2.84. The van der Waals surface area contributed by atoms with Crippen LogP contribution in [0.2, 0.25) is 0 Å². The molecule has 0 aromatic carbocycles. The van der Waals surface area contributed by atoms with E-state index in [-0.39, 0.29) is 0 Å². The van der Waals surface area contributed by atoms with Crippen LogP contribution in [0.15, 0.2) is 0 Å². The van der Waals surface area contributed by atoms with Crippen LogP contribution in [0.5, 0.6) is 0 Å². The van der Waals surface area contributed by atoms with Crippen molar-refractivity contribution in [2.75, 3.05) is 13.2 Å². The molecule has 5 N–H and O–H groups in total. The molecule has 0 aliphatic heterocycles. The summed E-state index contributed by atoms with van der Waals surface area (Å²) >= 11 is 0. The smallest absolute Gasteiger partial charge is 0.255 e. The van der Waals surface area contributed by atoms with E-state index in [4.69, 9.17) is 25.5 Å². The van der Waals surface area contributed by atoms with Gasteiger partial charge in [0.2, 0.25) is 5.78 Å². The van der Waals surface area contributed by atoms with Gasteiger partial charge in [0.1, 0.15) is 12.7 Å². The Morgan fingerprint density at radius 1 is 1.36 bits per heavy atom. The molecule has 0 bridgehead atoms. The number of hydrogen-bond donors (Lipinski definition) is 5. The lowest BCUT2D eigenvalue weighted by Crippen LogP contribution is -2.52. The summed E-state index contributed by atoms with van der Waals surface area (Å²) in [6.45, 7) is -2.08. The Labute approximate surface area is 62.3 Å². The van der Waals surface area contributed by atoms with E-state index in [1.165, 1.54) is 0 Å². The van der Waals surface area contributed by atoms with E-state index in [0.717, 1.165) is 0 Å². The fourth-order valence-corrected chi connectivity index (χ4v) is 0.429. The van der Waals surface area contributed by atoms with Gasteiger partial charge in [0.15, 0.2) is 0 Å². The highest BCUT2D eigenvalue weighted by molar-refractivity contribution is 5.86. The summed E-state index contributed by atoms with van der Waals surface area (Å²) in [6, 6.07) is 0. The molecule has 0 saturated carbocycles. The molecule has 0 spiro atoms. The summed E-state index contributed by atoms with van der Waals surface area (Å²) in [5.74, 6) is -4.43. The highest BCUT2D eigenvalue weighted by Crippen LogP contribution is 2.06. The van der Waals surface area contributed by atoms with Crippen molar-refractivity contribution in [3.63, 3.8) is 0 Å². The second kappa shape index (κ2) is 3.74. The Morgan fingerprint density at radius 3 is 2.09 bits per heavy atom. The maximum atomic E-state index is 10.4. The molecule has 6 nitrogen and oxygen atoms in total. The molecule has 0 saturated heterocycles. The Bertz CT molecular complexity index is 142. The average Bonchev–Trinajstić information content (AvgIpc) is 2.01. The van der Waals surface area contributed by atoms with E-state index >= 15 is 0 Å². The normalized spacial score (nSPS) is 14.6. The predicted molar refractivity (Wildman–Crippen MR) is 32.4 cm³/mol. The Balaban J connectivity index is 4.31. The van der Waals surface area contributed by atoms with Crippen LogP contribution in [0, 0.1) is 0 Å². The van der Waals surface area contributed by atoms with Gasteiger partial charge in [-0.15, -0.1) is 0 Å². The molecular formula is C5H10O6. The molecule has 0 unspecified atom stereocenters. The van der Waals surface area contributed by atoms with Crippen LogP contribution in [-0.2, 0) is 4.79 Å². The molecule has 0 aliphatic rings. The quantitative estimate of drug-likeness (QED) is 0.277. The first kappa shape index (κ1) is 10.5. The molecule has 11 heavy (non-hydrogen) atoms. The van der Waals surface area contributed by atoms with Crippen molar-refractivity contribution in [2.24, 2.45) is 0 Å². The van der Waals surface area contributed by atoms with Crippen LogP contribution in [0.4, 0.5) is 0 Å². The highest BCUT2D eigenvalue weighted by atomic mass is 16.5. The van der Waals surface area contributed by atoms with E-state index in [2.05, 4.69) is 0 Å². The van der Waals surface area contributed by atoms with Crippen molar-refractivity contribution in [2.45, 2.75) is 11.9 Å². The minimum atomic E-state index is -3.07. The van der Waals surface area contributed by atoms with Crippen LogP contribution in [0.25, 0.3) is 0 Å². The minimum absolute atomic E-state index is 0.973. The molecule has 0 heterocycles. The van der Waals surface area contributed by atoms with Crippen LogP contribution < -0.4 is 0 Å². The van der Waals surface area contributed by atoms with E-state index in [1.807, 2.05) is 0 Å². The lowest BCUT2D eigenvalue weighted by molar-refractivity contribution is -0.226. The summed E-state index contributed by atoms with van der Waals surface area (Å²) in [7, 11) is 0. The zero-order valence-electron chi connectivity index (χ0n) is 5.64. The van der Waals surface area contributed by atoms with E-state index in [0.29, 0.717) is 0 Å². The third kappa shape index (κ3) is 2.21. The third-order valence-electron chi connectivity index (χ3n) is 1.19. The van der Waals surface area contributed by atoms with E-state index in [9.17, 15) is 4.79 Å². The fourth-order valence-electron chi connectivity index (χ4n) is 0.429. The number of Topliss-reactive ketones (excluding diaryl/α,β-unsaturated/α-hetero) is 1. The molecule has 1 atom stereocenters. The van der Waals surface area contributed by atoms with Gasteiger partial charge in [0.25, 0.3) is 5.79 Å². The highest BCUT2D eigenvalue weighted by Gasteiger charge is 2.39. The predicted octanol–water partition coefficient (Wildman–Crippen LogP) is -3.42. The van der Waals surface area contributed by atoms with Gasteiger partial charge in [-0.05, 0) is 0 Å². The summed E-state index contributed by atoms with van der Waals surface area (Å²) in [6.07, 6.45) is -2.00. The molecule has 0 aliphatic carbocycles. The van der Waals surface area contributed by atoms with Gasteiger partial charge in [0.05, 0.1) is 6.61 Å². The van der Waals surface area contributed by atoms with Crippen LogP contribution in [-0.4, -0.2) is 56.4 Å². The molecule has 0 aromatic heterocycles. The zero-order chi connectivity index (χ0) is 9.07. The summed E-state index contributed by atoms with van der Waals surface area (Å²) in [4.78, 5) is 10.4. The van der Waals surface area contributed by atoms with E-state index < -0.39 is 30.9 Å². The van der Waals surface area contributed by atoms with Gasteiger partial charge in [-0.25, -0.2) is 0 Å². The fraction of sp³-hybridized carbons (Fsp3) is 0.800. The van der Waals surface area contributed by atoms with Gasteiger partial charge < -0.3 is 25.5 Å². The Morgan fingerprint density at radius 2 is 1.82 bits per heavy atom. The van der Waals surface area contributed by atoms with Crippen molar-refractivity contribution in [1.29, 1.82) is 0 Å². The third-order valence-corrected chi connectivity index (χ3v) is 1.19. The number of hydrogen-bond acceptors (Lipinski definition) is 6. The van der Waals surface area contributed by atoms with Crippen molar-refractivity contribution in [3.05, 3.63) is 0 Å². The number of ketones is 1. The summed E-state index contributed by atoms with van der Waals surface area (Å²) < 4.78 is 0. The SMILES string of the molecule is O=C(CO)C(O)(O)[C@H](O)CO. The van der Waals surface area contributed by atoms with Crippen molar-refractivity contribution in [1.82, 2.24) is 0 Å². The average molecular weight is 166 g/mol. The second-order valence-corrected chi connectivity index (χ2v) is 2.01. The first-order valence-electron chi connectivity index (χ1n) is 2.84. The molecule has 0 amide bonds. The molecule has 0 fully saturated rings. The molecule has 0 radical (unpaired) electrons. The van der Waals surface area contributed by atoms with Gasteiger partial charge in [-0.3, -0.25) is 4.79 Å². The zero-order valence-corrected chi connectivity index (χ0v) is 5.64. The second-order valence-electron chi connectivity index (χ2n) is 2.01. The van der Waals surface area contributed by atoms with Crippen LogP contribution >= 0.6 is 0 Å². The maximum absolute atomic E-state index is 10.4. The largest absolute Gasteiger partial charge is 0.393 e. The Kier molecular flexibility index (Phi) is 3.56. The van der Waals surface area contributed by atoms with Crippen molar-refractivity contribution in [3.8, 4) is 0 Å².